The topological polar surface area (TPSA) is 51.2 Å². The van der Waals surface area contributed by atoms with Gasteiger partial charge < -0.3 is 18.9 Å². The highest BCUT2D eigenvalue weighted by Gasteiger charge is 2.51. The molecule has 2 aliphatic heterocycles. The highest BCUT2D eigenvalue weighted by molar-refractivity contribution is 6.62. The number of ether oxygens (including phenoxy) is 1. The van der Waals surface area contributed by atoms with Gasteiger partial charge in [0, 0.05) is 31.9 Å². The molecule has 6 nitrogen and oxygen atoms in total. The molecule has 0 aliphatic carbocycles. The highest BCUT2D eigenvalue weighted by atomic mass is 16.7. The molecule has 1 aromatic carbocycles. The van der Waals surface area contributed by atoms with Crippen molar-refractivity contribution < 1.29 is 18.8 Å². The van der Waals surface area contributed by atoms with E-state index in [-0.39, 0.29) is 24.3 Å². The van der Waals surface area contributed by atoms with E-state index in [0.29, 0.717) is 13.2 Å². The Morgan fingerprint density at radius 2 is 1.62 bits per heavy atom. The summed E-state index contributed by atoms with van der Waals surface area (Å²) in [5.74, 6) is -0.112. The van der Waals surface area contributed by atoms with Gasteiger partial charge >= 0.3 is 13.1 Å². The lowest BCUT2D eigenvalue weighted by Gasteiger charge is -2.35. The van der Waals surface area contributed by atoms with E-state index in [4.69, 9.17) is 14.0 Å². The van der Waals surface area contributed by atoms with E-state index in [1.165, 1.54) is 5.69 Å². The minimum absolute atomic E-state index is 0.112. The maximum absolute atomic E-state index is 11.9. The maximum atomic E-state index is 11.9. The molecule has 0 spiro atoms. The van der Waals surface area contributed by atoms with Crippen molar-refractivity contribution in [1.82, 2.24) is 4.90 Å². The molecule has 160 valence electrons. The Kier molecular flexibility index (Phi) is 6.92. The molecule has 2 heterocycles. The second-order valence-corrected chi connectivity index (χ2v) is 9.02. The van der Waals surface area contributed by atoms with Crippen LogP contribution in [0.1, 0.15) is 47.5 Å². The van der Waals surface area contributed by atoms with E-state index in [9.17, 15) is 4.79 Å². The number of hydrogen-bond donors (Lipinski definition) is 0. The van der Waals surface area contributed by atoms with Gasteiger partial charge in [-0.2, -0.15) is 0 Å². The number of nitrogens with zero attached hydrogens (tertiary/aromatic N) is 2. The number of rotatable bonds is 7. The van der Waals surface area contributed by atoms with E-state index in [2.05, 4.69) is 68.7 Å². The Hall–Kier alpha value is -1.57. The fourth-order valence-electron chi connectivity index (χ4n) is 3.54. The van der Waals surface area contributed by atoms with Crippen LogP contribution in [0.25, 0.3) is 0 Å². The number of hydrogen-bond acceptors (Lipinski definition) is 6. The van der Waals surface area contributed by atoms with Gasteiger partial charge in [0.1, 0.15) is 0 Å². The van der Waals surface area contributed by atoms with Gasteiger partial charge in [0.2, 0.25) is 0 Å². The summed E-state index contributed by atoms with van der Waals surface area (Å²) < 4.78 is 17.5. The van der Waals surface area contributed by atoms with Crippen molar-refractivity contribution in [3.63, 3.8) is 0 Å². The van der Waals surface area contributed by atoms with E-state index in [1.54, 1.807) is 0 Å². The Balaban J connectivity index is 1.49. The molecule has 0 atom stereocenters. The molecule has 0 unspecified atom stereocenters. The number of carbonyl (C=O) groups is 1. The average molecular weight is 402 g/mol. The predicted octanol–water partition coefficient (Wildman–Crippen LogP) is 2.45. The fourth-order valence-corrected chi connectivity index (χ4v) is 3.54. The maximum Gasteiger partial charge on any atom is 0.494 e. The molecule has 0 saturated carbocycles. The molecule has 7 heteroatoms. The van der Waals surface area contributed by atoms with E-state index < -0.39 is 0 Å². The number of carbonyl (C=O) groups excluding carboxylic acids is 1. The molecule has 1 aromatic rings. The van der Waals surface area contributed by atoms with Crippen molar-refractivity contribution in [3.05, 3.63) is 24.3 Å². The highest BCUT2D eigenvalue weighted by Crippen LogP contribution is 2.36. The summed E-state index contributed by atoms with van der Waals surface area (Å²) in [5, 5.41) is 0. The Morgan fingerprint density at radius 3 is 2.17 bits per heavy atom. The summed E-state index contributed by atoms with van der Waals surface area (Å²) in [6.45, 7) is 14.8. The smallest absolute Gasteiger partial charge is 0.465 e. The zero-order chi connectivity index (χ0) is 21.1. The van der Waals surface area contributed by atoms with Crippen molar-refractivity contribution in [1.29, 1.82) is 0 Å². The largest absolute Gasteiger partial charge is 0.494 e. The third kappa shape index (κ3) is 5.33. The van der Waals surface area contributed by atoms with E-state index >= 15 is 0 Å². The summed E-state index contributed by atoms with van der Waals surface area (Å²) in [6.07, 6.45) is 1.97. The van der Waals surface area contributed by atoms with Gasteiger partial charge in [-0.05, 0) is 51.7 Å². The number of esters is 1. The molecule has 2 aliphatic rings. The molecule has 0 aromatic heterocycles. The second kappa shape index (κ2) is 9.06. The summed E-state index contributed by atoms with van der Waals surface area (Å²) in [6, 6.07) is 8.45. The van der Waals surface area contributed by atoms with Gasteiger partial charge in [-0.25, -0.2) is 0 Å². The van der Waals surface area contributed by atoms with E-state index in [1.807, 2.05) is 0 Å². The molecule has 0 amide bonds. The number of unbranched alkanes of at least 4 members (excludes halogenated alkanes) is 1. The Labute approximate surface area is 175 Å². The van der Waals surface area contributed by atoms with Crippen LogP contribution in [0, 0.1) is 0 Å². The van der Waals surface area contributed by atoms with Gasteiger partial charge in [0.05, 0.1) is 24.4 Å². The first-order valence-corrected chi connectivity index (χ1v) is 10.8. The summed E-state index contributed by atoms with van der Waals surface area (Å²) in [5.41, 5.74) is 1.57. The van der Waals surface area contributed by atoms with Crippen LogP contribution in [0.4, 0.5) is 5.69 Å². The summed E-state index contributed by atoms with van der Waals surface area (Å²) >= 11 is 0. The molecule has 0 radical (unpaired) electrons. The zero-order valence-electron chi connectivity index (χ0n) is 18.6. The first-order chi connectivity index (χ1) is 13.7. The molecule has 29 heavy (non-hydrogen) atoms. The monoisotopic (exact) mass is 402 g/mol. The van der Waals surface area contributed by atoms with Crippen LogP contribution in [0.15, 0.2) is 24.3 Å². The minimum atomic E-state index is -0.329. The first-order valence-electron chi connectivity index (χ1n) is 10.8. The fraction of sp³-hybridized carbons (Fsp3) is 0.682. The van der Waals surface area contributed by atoms with Gasteiger partial charge in [-0.15, -0.1) is 0 Å². The normalized spacial score (nSPS) is 21.4. The van der Waals surface area contributed by atoms with Crippen molar-refractivity contribution in [3.8, 4) is 0 Å². The predicted molar refractivity (Wildman–Crippen MR) is 117 cm³/mol. The van der Waals surface area contributed by atoms with Gasteiger partial charge in [-0.3, -0.25) is 9.69 Å². The van der Waals surface area contributed by atoms with Crippen molar-refractivity contribution in [2.45, 2.75) is 58.7 Å². The summed E-state index contributed by atoms with van der Waals surface area (Å²) in [4.78, 5) is 16.4. The van der Waals surface area contributed by atoms with Crippen LogP contribution in [0.5, 0.6) is 0 Å². The quantitative estimate of drug-likeness (QED) is 0.397. The SMILES string of the molecule is CCCCOC(=O)CN1CCN(c2ccc(B3OC(C)(C)C(C)(C)O3)cc2)CC1. The number of benzene rings is 1. The molecular weight excluding hydrogens is 367 g/mol. The lowest BCUT2D eigenvalue weighted by Crippen LogP contribution is -2.48. The van der Waals surface area contributed by atoms with Crippen LogP contribution in [-0.2, 0) is 18.8 Å². The van der Waals surface area contributed by atoms with Gasteiger partial charge in [0.15, 0.2) is 0 Å². The molecule has 3 rings (SSSR count). The van der Waals surface area contributed by atoms with Crippen molar-refractivity contribution in [2.24, 2.45) is 0 Å². The standard InChI is InChI=1S/C22H35BN2O4/c1-6-7-16-27-20(26)17-24-12-14-25(15-13-24)19-10-8-18(9-11-19)23-28-21(2,3)22(4,5)29-23/h8-11H,6-7,12-17H2,1-5H3. The van der Waals surface area contributed by atoms with E-state index in [0.717, 1.165) is 44.5 Å². The lowest BCUT2D eigenvalue weighted by molar-refractivity contribution is -0.145. The molecule has 2 fully saturated rings. The Morgan fingerprint density at radius 1 is 1.03 bits per heavy atom. The van der Waals surface area contributed by atoms with Crippen molar-refractivity contribution in [2.75, 3.05) is 44.2 Å². The van der Waals surface area contributed by atoms with Crippen LogP contribution in [-0.4, -0.2) is 68.5 Å². The third-order valence-corrected chi connectivity index (χ3v) is 6.27. The lowest BCUT2D eigenvalue weighted by atomic mass is 9.79. The molecule has 0 bridgehead atoms. The number of piperazine rings is 1. The van der Waals surface area contributed by atoms with Crippen LogP contribution >= 0.6 is 0 Å². The Bertz CT molecular complexity index is 669. The molecular formula is C22H35BN2O4. The molecule has 0 N–H and O–H groups in total. The molecule has 2 saturated heterocycles. The summed E-state index contributed by atoms with van der Waals surface area (Å²) in [7, 11) is -0.329. The zero-order valence-corrected chi connectivity index (χ0v) is 18.6. The van der Waals surface area contributed by atoms with Crippen LogP contribution < -0.4 is 10.4 Å². The second-order valence-electron chi connectivity index (χ2n) is 9.02. The van der Waals surface area contributed by atoms with Gasteiger partial charge in [0.25, 0.3) is 0 Å². The minimum Gasteiger partial charge on any atom is -0.465 e. The first kappa shape index (κ1) is 22.1. The van der Waals surface area contributed by atoms with Crippen LogP contribution in [0.2, 0.25) is 0 Å². The third-order valence-electron chi connectivity index (χ3n) is 6.27. The number of anilines is 1. The van der Waals surface area contributed by atoms with Crippen molar-refractivity contribution >= 4 is 24.2 Å². The van der Waals surface area contributed by atoms with Gasteiger partial charge in [-0.1, -0.05) is 25.5 Å². The average Bonchev–Trinajstić information content (AvgIpc) is 2.90. The van der Waals surface area contributed by atoms with Crippen LogP contribution in [0.3, 0.4) is 0 Å².